The van der Waals surface area contributed by atoms with Gasteiger partial charge in [-0.05, 0) is 51.3 Å². The summed E-state index contributed by atoms with van der Waals surface area (Å²) in [4.78, 5) is 7.44. The quantitative estimate of drug-likeness (QED) is 0.766. The van der Waals surface area contributed by atoms with Crippen molar-refractivity contribution in [2.24, 2.45) is 0 Å². The summed E-state index contributed by atoms with van der Waals surface area (Å²) < 4.78 is 7.41. The maximum absolute atomic E-state index is 5.21. The van der Waals surface area contributed by atoms with Crippen molar-refractivity contribution in [3.05, 3.63) is 35.9 Å². The summed E-state index contributed by atoms with van der Waals surface area (Å²) in [6.07, 6.45) is 8.48. The number of ether oxygens (including phenoxy) is 1. The SMILES string of the molecule is COCCC[C@H]1CCCCN1Cc1nc(C)n2ccccc12. The normalized spacial score (nSPS) is 19.8. The molecule has 1 aliphatic heterocycles. The first kappa shape index (κ1) is 15.5. The monoisotopic (exact) mass is 301 g/mol. The molecule has 2 aromatic heterocycles. The third-order valence-corrected chi connectivity index (χ3v) is 4.79. The van der Waals surface area contributed by atoms with E-state index in [1.165, 1.54) is 43.4 Å². The van der Waals surface area contributed by atoms with Crippen LogP contribution >= 0.6 is 0 Å². The predicted molar refractivity (Wildman–Crippen MR) is 89.1 cm³/mol. The molecule has 4 nitrogen and oxygen atoms in total. The van der Waals surface area contributed by atoms with Crippen LogP contribution < -0.4 is 0 Å². The molecule has 3 heterocycles. The smallest absolute Gasteiger partial charge is 0.110 e. The van der Waals surface area contributed by atoms with E-state index in [1.54, 1.807) is 7.11 Å². The first-order chi connectivity index (χ1) is 10.8. The molecule has 0 amide bonds. The molecule has 1 fully saturated rings. The molecule has 4 heteroatoms. The molecular weight excluding hydrogens is 274 g/mol. The Labute approximate surface area is 133 Å². The Bertz CT molecular complexity index is 607. The lowest BCUT2D eigenvalue weighted by molar-refractivity contribution is 0.116. The van der Waals surface area contributed by atoms with Gasteiger partial charge in [0.15, 0.2) is 0 Å². The highest BCUT2D eigenvalue weighted by molar-refractivity contribution is 5.53. The number of nitrogens with zero attached hydrogens (tertiary/aromatic N) is 3. The van der Waals surface area contributed by atoms with Crippen LogP contribution in [0.3, 0.4) is 0 Å². The van der Waals surface area contributed by atoms with E-state index in [9.17, 15) is 0 Å². The van der Waals surface area contributed by atoms with Crippen molar-refractivity contribution in [3.63, 3.8) is 0 Å². The first-order valence-electron chi connectivity index (χ1n) is 8.45. The fourth-order valence-corrected chi connectivity index (χ4v) is 3.63. The number of methoxy groups -OCH3 is 1. The van der Waals surface area contributed by atoms with Crippen molar-refractivity contribution in [2.45, 2.75) is 51.6 Å². The van der Waals surface area contributed by atoms with Gasteiger partial charge in [0, 0.05) is 32.5 Å². The Morgan fingerprint density at radius 1 is 1.32 bits per heavy atom. The summed E-state index contributed by atoms with van der Waals surface area (Å²) in [6.45, 7) is 5.13. The number of imidazole rings is 1. The molecule has 0 N–H and O–H groups in total. The van der Waals surface area contributed by atoms with Crippen molar-refractivity contribution in [3.8, 4) is 0 Å². The van der Waals surface area contributed by atoms with Gasteiger partial charge in [-0.25, -0.2) is 4.98 Å². The number of aryl methyl sites for hydroxylation is 1. The molecule has 0 bridgehead atoms. The molecule has 120 valence electrons. The van der Waals surface area contributed by atoms with Crippen LogP contribution in [-0.2, 0) is 11.3 Å². The molecule has 0 saturated carbocycles. The van der Waals surface area contributed by atoms with Gasteiger partial charge < -0.3 is 9.14 Å². The van der Waals surface area contributed by atoms with Crippen LogP contribution in [0.15, 0.2) is 24.4 Å². The van der Waals surface area contributed by atoms with Gasteiger partial charge in [0.2, 0.25) is 0 Å². The van der Waals surface area contributed by atoms with E-state index in [2.05, 4.69) is 40.6 Å². The zero-order chi connectivity index (χ0) is 15.4. The van der Waals surface area contributed by atoms with Crippen LogP contribution in [0.2, 0.25) is 0 Å². The van der Waals surface area contributed by atoms with Gasteiger partial charge >= 0.3 is 0 Å². The standard InChI is InChI=1S/C18H27N3O/c1-15-19-17(18-10-4-6-12-21(15)18)14-20-11-5-3-8-16(20)9-7-13-22-2/h4,6,10,12,16H,3,5,7-9,11,13-14H2,1-2H3/t16-/m1/s1. The number of aromatic nitrogens is 2. The van der Waals surface area contributed by atoms with Crippen LogP contribution in [0.1, 0.15) is 43.6 Å². The molecule has 3 rings (SSSR count). The third-order valence-electron chi connectivity index (χ3n) is 4.79. The second kappa shape index (κ2) is 7.25. The van der Waals surface area contributed by atoms with E-state index >= 15 is 0 Å². The van der Waals surface area contributed by atoms with Gasteiger partial charge in [0.05, 0.1) is 11.2 Å². The van der Waals surface area contributed by atoms with Crippen LogP contribution in [0.25, 0.3) is 5.52 Å². The fraction of sp³-hybridized carbons (Fsp3) is 0.611. The van der Waals surface area contributed by atoms with Gasteiger partial charge in [-0.1, -0.05) is 12.5 Å². The zero-order valence-corrected chi connectivity index (χ0v) is 13.8. The van der Waals surface area contributed by atoms with E-state index in [0.717, 1.165) is 25.4 Å². The summed E-state index contributed by atoms with van der Waals surface area (Å²) >= 11 is 0. The molecule has 0 aliphatic carbocycles. The van der Waals surface area contributed by atoms with Crippen molar-refractivity contribution >= 4 is 5.52 Å². The van der Waals surface area contributed by atoms with Crippen molar-refractivity contribution < 1.29 is 4.74 Å². The van der Waals surface area contributed by atoms with Gasteiger partial charge in [0.1, 0.15) is 5.82 Å². The Hall–Kier alpha value is -1.39. The lowest BCUT2D eigenvalue weighted by Crippen LogP contribution is -2.39. The number of fused-ring (bicyclic) bond motifs is 1. The number of hydrogen-bond donors (Lipinski definition) is 0. The number of rotatable bonds is 6. The maximum Gasteiger partial charge on any atom is 0.110 e. The lowest BCUT2D eigenvalue weighted by atomic mass is 9.98. The Balaban J connectivity index is 1.74. The molecular formula is C18H27N3O. The summed E-state index contributed by atoms with van der Waals surface area (Å²) in [5, 5.41) is 0. The highest BCUT2D eigenvalue weighted by atomic mass is 16.5. The van der Waals surface area contributed by atoms with Crippen molar-refractivity contribution in [2.75, 3.05) is 20.3 Å². The molecule has 1 atom stereocenters. The average Bonchev–Trinajstić information content (AvgIpc) is 2.86. The van der Waals surface area contributed by atoms with Crippen LogP contribution in [-0.4, -0.2) is 40.6 Å². The molecule has 0 aromatic carbocycles. The summed E-state index contributed by atoms with van der Waals surface area (Å²) in [5.74, 6) is 1.08. The molecule has 0 unspecified atom stereocenters. The van der Waals surface area contributed by atoms with E-state index in [4.69, 9.17) is 9.72 Å². The average molecular weight is 301 g/mol. The number of pyridine rings is 1. The van der Waals surface area contributed by atoms with Crippen LogP contribution in [0, 0.1) is 6.92 Å². The Morgan fingerprint density at radius 3 is 3.09 bits per heavy atom. The van der Waals surface area contributed by atoms with E-state index in [0.29, 0.717) is 6.04 Å². The van der Waals surface area contributed by atoms with Gasteiger partial charge in [-0.15, -0.1) is 0 Å². The Morgan fingerprint density at radius 2 is 2.23 bits per heavy atom. The fourth-order valence-electron chi connectivity index (χ4n) is 3.63. The van der Waals surface area contributed by atoms with Crippen molar-refractivity contribution in [1.82, 2.24) is 14.3 Å². The lowest BCUT2D eigenvalue weighted by Gasteiger charge is -2.35. The van der Waals surface area contributed by atoms with Crippen LogP contribution in [0.5, 0.6) is 0 Å². The number of piperidine rings is 1. The molecule has 1 saturated heterocycles. The highest BCUT2D eigenvalue weighted by Crippen LogP contribution is 2.24. The van der Waals surface area contributed by atoms with Crippen molar-refractivity contribution in [1.29, 1.82) is 0 Å². The Kier molecular flexibility index (Phi) is 5.11. The highest BCUT2D eigenvalue weighted by Gasteiger charge is 2.23. The van der Waals surface area contributed by atoms with Gasteiger partial charge in [-0.2, -0.15) is 0 Å². The zero-order valence-electron chi connectivity index (χ0n) is 13.8. The molecule has 2 aromatic rings. The van der Waals surface area contributed by atoms with Crippen LogP contribution in [0.4, 0.5) is 0 Å². The largest absolute Gasteiger partial charge is 0.385 e. The van der Waals surface area contributed by atoms with E-state index in [1.807, 2.05) is 0 Å². The van der Waals surface area contributed by atoms with Gasteiger partial charge in [0.25, 0.3) is 0 Å². The minimum atomic E-state index is 0.685. The number of likely N-dealkylation sites (tertiary alicyclic amines) is 1. The van der Waals surface area contributed by atoms with E-state index in [-0.39, 0.29) is 0 Å². The molecule has 0 radical (unpaired) electrons. The first-order valence-corrected chi connectivity index (χ1v) is 8.45. The predicted octanol–water partition coefficient (Wildman–Crippen LogP) is 3.42. The summed E-state index contributed by atoms with van der Waals surface area (Å²) in [6, 6.07) is 7.04. The minimum absolute atomic E-state index is 0.685. The second-order valence-electron chi connectivity index (χ2n) is 6.32. The molecule has 1 aliphatic rings. The maximum atomic E-state index is 5.21. The third kappa shape index (κ3) is 3.33. The second-order valence-corrected chi connectivity index (χ2v) is 6.32. The molecule has 22 heavy (non-hydrogen) atoms. The van der Waals surface area contributed by atoms with E-state index < -0.39 is 0 Å². The minimum Gasteiger partial charge on any atom is -0.385 e. The summed E-state index contributed by atoms with van der Waals surface area (Å²) in [7, 11) is 1.79. The summed E-state index contributed by atoms with van der Waals surface area (Å²) in [5.41, 5.74) is 2.47. The van der Waals surface area contributed by atoms with Gasteiger partial charge in [-0.3, -0.25) is 4.90 Å². The molecule has 0 spiro atoms. The topological polar surface area (TPSA) is 29.8 Å². The number of hydrogen-bond acceptors (Lipinski definition) is 3.